The van der Waals surface area contributed by atoms with Crippen LogP contribution >= 0.6 is 0 Å². The molecule has 2 fully saturated rings. The van der Waals surface area contributed by atoms with Crippen LogP contribution in [0.25, 0.3) is 0 Å². The molecule has 2 heteroatoms. The lowest BCUT2D eigenvalue weighted by Gasteiger charge is -2.26. The Bertz CT molecular complexity index is 193. The summed E-state index contributed by atoms with van der Waals surface area (Å²) in [4.78, 5) is 2.67. The van der Waals surface area contributed by atoms with Crippen LogP contribution in [0.3, 0.4) is 0 Å². The van der Waals surface area contributed by atoms with Gasteiger partial charge in [-0.15, -0.1) is 0 Å². The zero-order valence-electron chi connectivity index (χ0n) is 9.14. The van der Waals surface area contributed by atoms with Crippen molar-refractivity contribution in [2.45, 2.75) is 33.2 Å². The lowest BCUT2D eigenvalue weighted by Crippen LogP contribution is -2.35. The quantitative estimate of drug-likeness (QED) is 0.693. The van der Waals surface area contributed by atoms with E-state index in [1.165, 1.54) is 32.6 Å². The highest BCUT2D eigenvalue weighted by molar-refractivity contribution is 5.01. The summed E-state index contributed by atoms with van der Waals surface area (Å²) < 4.78 is 0. The molecular weight excluding hydrogens is 160 g/mol. The summed E-state index contributed by atoms with van der Waals surface area (Å²) in [6.07, 6.45) is 1.29. The van der Waals surface area contributed by atoms with Gasteiger partial charge in [-0.2, -0.15) is 0 Å². The molecule has 0 aromatic heterocycles. The summed E-state index contributed by atoms with van der Waals surface area (Å²) in [5.74, 6) is 0.904. The van der Waals surface area contributed by atoms with E-state index in [2.05, 4.69) is 31.0 Å². The summed E-state index contributed by atoms with van der Waals surface area (Å²) in [7, 11) is 0. The van der Waals surface area contributed by atoms with Crippen molar-refractivity contribution < 1.29 is 0 Å². The molecule has 2 rings (SSSR count). The Morgan fingerprint density at radius 2 is 2.38 bits per heavy atom. The van der Waals surface area contributed by atoms with E-state index < -0.39 is 0 Å². The van der Waals surface area contributed by atoms with Gasteiger partial charge in [0, 0.05) is 25.7 Å². The number of fused-ring (bicyclic) bond motifs is 1. The van der Waals surface area contributed by atoms with Crippen molar-refractivity contribution in [3.63, 3.8) is 0 Å². The highest BCUT2D eigenvalue weighted by Gasteiger charge is 2.46. The van der Waals surface area contributed by atoms with E-state index in [1.807, 2.05) is 0 Å². The van der Waals surface area contributed by atoms with Gasteiger partial charge in [0.15, 0.2) is 0 Å². The lowest BCUT2D eigenvalue weighted by molar-refractivity contribution is 0.218. The normalized spacial score (nSPS) is 42.2. The molecule has 2 aliphatic heterocycles. The fourth-order valence-corrected chi connectivity index (χ4v) is 2.80. The van der Waals surface area contributed by atoms with Gasteiger partial charge in [0.25, 0.3) is 0 Å². The summed E-state index contributed by atoms with van der Waals surface area (Å²) in [6.45, 7) is 12.2. The van der Waals surface area contributed by atoms with Crippen molar-refractivity contribution in [2.24, 2.45) is 11.3 Å². The van der Waals surface area contributed by atoms with Crippen molar-refractivity contribution in [1.82, 2.24) is 10.2 Å². The van der Waals surface area contributed by atoms with Gasteiger partial charge < -0.3 is 5.32 Å². The van der Waals surface area contributed by atoms with Gasteiger partial charge in [-0.05, 0) is 31.2 Å². The van der Waals surface area contributed by atoms with Crippen LogP contribution in [0, 0.1) is 11.3 Å². The molecule has 2 nitrogen and oxygen atoms in total. The van der Waals surface area contributed by atoms with Crippen molar-refractivity contribution in [3.05, 3.63) is 0 Å². The molecule has 76 valence electrons. The van der Waals surface area contributed by atoms with Crippen LogP contribution in [-0.2, 0) is 0 Å². The Labute approximate surface area is 81.7 Å². The first kappa shape index (κ1) is 9.47. The lowest BCUT2D eigenvalue weighted by atomic mass is 9.83. The van der Waals surface area contributed by atoms with Gasteiger partial charge in [-0.1, -0.05) is 13.8 Å². The molecule has 2 heterocycles. The SMILES string of the molecule is CC[C@H](C)N1C[C@@H]2CNC[C@]2(C)C1. The number of hydrogen-bond acceptors (Lipinski definition) is 2. The molecule has 2 aliphatic rings. The Kier molecular flexibility index (Phi) is 2.37. The maximum atomic E-state index is 3.52. The molecule has 0 unspecified atom stereocenters. The number of rotatable bonds is 2. The monoisotopic (exact) mass is 182 g/mol. The molecule has 0 amide bonds. The zero-order chi connectivity index (χ0) is 9.47. The van der Waals surface area contributed by atoms with Gasteiger partial charge >= 0.3 is 0 Å². The van der Waals surface area contributed by atoms with E-state index in [-0.39, 0.29) is 0 Å². The van der Waals surface area contributed by atoms with Gasteiger partial charge in [0.2, 0.25) is 0 Å². The second kappa shape index (κ2) is 3.25. The third-order valence-electron chi connectivity index (χ3n) is 4.14. The zero-order valence-corrected chi connectivity index (χ0v) is 9.14. The third-order valence-corrected chi connectivity index (χ3v) is 4.14. The van der Waals surface area contributed by atoms with Gasteiger partial charge in [0.1, 0.15) is 0 Å². The molecule has 1 N–H and O–H groups in total. The van der Waals surface area contributed by atoms with Crippen LogP contribution in [-0.4, -0.2) is 37.1 Å². The van der Waals surface area contributed by atoms with Crippen LogP contribution in [0.4, 0.5) is 0 Å². The predicted molar refractivity (Wildman–Crippen MR) is 55.8 cm³/mol. The molecule has 0 radical (unpaired) electrons. The number of hydrogen-bond donors (Lipinski definition) is 1. The van der Waals surface area contributed by atoms with E-state index in [1.54, 1.807) is 0 Å². The van der Waals surface area contributed by atoms with Crippen molar-refractivity contribution >= 4 is 0 Å². The molecule has 3 atom stereocenters. The Morgan fingerprint density at radius 1 is 1.62 bits per heavy atom. The maximum absolute atomic E-state index is 3.52. The van der Waals surface area contributed by atoms with E-state index in [9.17, 15) is 0 Å². The molecular formula is C11H22N2. The summed E-state index contributed by atoms with van der Waals surface area (Å²) in [6, 6.07) is 0.780. The fourth-order valence-electron chi connectivity index (χ4n) is 2.80. The minimum atomic E-state index is 0.573. The molecule has 0 aromatic carbocycles. The minimum absolute atomic E-state index is 0.573. The van der Waals surface area contributed by atoms with Crippen LogP contribution in [0.5, 0.6) is 0 Å². The fraction of sp³-hybridized carbons (Fsp3) is 1.00. The van der Waals surface area contributed by atoms with E-state index >= 15 is 0 Å². The smallest absolute Gasteiger partial charge is 0.00646 e. The molecule has 0 aliphatic carbocycles. The van der Waals surface area contributed by atoms with Crippen molar-refractivity contribution in [2.75, 3.05) is 26.2 Å². The second-order valence-corrected chi connectivity index (χ2v) is 5.17. The van der Waals surface area contributed by atoms with Crippen molar-refractivity contribution in [1.29, 1.82) is 0 Å². The molecule has 0 aromatic rings. The number of nitrogens with one attached hydrogen (secondary N) is 1. The Balaban J connectivity index is 2.01. The Hall–Kier alpha value is -0.0800. The minimum Gasteiger partial charge on any atom is -0.316 e. The molecule has 0 bridgehead atoms. The largest absolute Gasteiger partial charge is 0.316 e. The van der Waals surface area contributed by atoms with Crippen LogP contribution in [0.1, 0.15) is 27.2 Å². The number of nitrogens with zero attached hydrogens (tertiary/aromatic N) is 1. The second-order valence-electron chi connectivity index (χ2n) is 5.17. The first-order valence-corrected chi connectivity index (χ1v) is 5.60. The highest BCUT2D eigenvalue weighted by Crippen LogP contribution is 2.39. The predicted octanol–water partition coefficient (Wildman–Crippen LogP) is 1.33. The molecule has 0 spiro atoms. The summed E-state index contributed by atoms with van der Waals surface area (Å²) >= 11 is 0. The Morgan fingerprint density at radius 3 is 3.00 bits per heavy atom. The van der Waals surface area contributed by atoms with Gasteiger partial charge in [-0.25, -0.2) is 0 Å². The van der Waals surface area contributed by atoms with Gasteiger partial charge in [-0.3, -0.25) is 4.90 Å². The average molecular weight is 182 g/mol. The van der Waals surface area contributed by atoms with Crippen LogP contribution in [0.2, 0.25) is 0 Å². The topological polar surface area (TPSA) is 15.3 Å². The van der Waals surface area contributed by atoms with Crippen molar-refractivity contribution in [3.8, 4) is 0 Å². The first-order valence-electron chi connectivity index (χ1n) is 5.60. The summed E-state index contributed by atoms with van der Waals surface area (Å²) in [5.41, 5.74) is 0.573. The standard InChI is InChI=1S/C11H22N2/c1-4-9(2)13-6-10-5-12-7-11(10,3)8-13/h9-10,12H,4-8H2,1-3H3/t9-,10-,11+/m0/s1. The van der Waals surface area contributed by atoms with Crippen LogP contribution in [0.15, 0.2) is 0 Å². The average Bonchev–Trinajstić information content (AvgIpc) is 2.57. The summed E-state index contributed by atoms with van der Waals surface area (Å²) in [5, 5.41) is 3.52. The molecule has 2 saturated heterocycles. The number of likely N-dealkylation sites (tertiary alicyclic amines) is 1. The maximum Gasteiger partial charge on any atom is 0.00646 e. The highest BCUT2D eigenvalue weighted by atomic mass is 15.2. The third kappa shape index (κ3) is 1.50. The molecule has 13 heavy (non-hydrogen) atoms. The van der Waals surface area contributed by atoms with Crippen LogP contribution < -0.4 is 5.32 Å². The van der Waals surface area contributed by atoms with E-state index in [0.29, 0.717) is 5.41 Å². The van der Waals surface area contributed by atoms with E-state index in [4.69, 9.17) is 0 Å². The first-order chi connectivity index (χ1) is 6.15. The van der Waals surface area contributed by atoms with E-state index in [0.717, 1.165) is 12.0 Å². The molecule has 0 saturated carbocycles. The van der Waals surface area contributed by atoms with Gasteiger partial charge in [0.05, 0.1) is 0 Å².